The summed E-state index contributed by atoms with van der Waals surface area (Å²) >= 11 is 0. The first-order valence-electron chi connectivity index (χ1n) is 10.7. The molecule has 3 rings (SSSR count). The summed E-state index contributed by atoms with van der Waals surface area (Å²) in [6, 6.07) is 7.36. The summed E-state index contributed by atoms with van der Waals surface area (Å²) in [7, 11) is -3.05. The first kappa shape index (κ1) is 23.5. The molecule has 3 atom stereocenters. The van der Waals surface area contributed by atoms with Crippen molar-refractivity contribution in [2.75, 3.05) is 19.8 Å². The van der Waals surface area contributed by atoms with Gasteiger partial charge in [0.05, 0.1) is 19.3 Å². The van der Waals surface area contributed by atoms with E-state index in [0.717, 1.165) is 44.4 Å². The number of halogens is 3. The molecule has 1 saturated carbocycles. The topological polar surface area (TPSA) is 59.6 Å². The Hall–Kier alpha value is -1.16. The van der Waals surface area contributed by atoms with Crippen molar-refractivity contribution in [3.63, 3.8) is 0 Å². The van der Waals surface area contributed by atoms with Crippen LogP contribution in [0.15, 0.2) is 24.3 Å². The number of piperidine rings is 1. The van der Waals surface area contributed by atoms with Crippen molar-refractivity contribution in [3.8, 4) is 5.75 Å². The number of alkyl halides is 3. The minimum Gasteiger partial charge on any atom is -0.494 e. The van der Waals surface area contributed by atoms with Gasteiger partial charge in [-0.1, -0.05) is 18.2 Å². The molecule has 170 valence electrons. The smallest absolute Gasteiger partial charge is 0.485 e. The number of rotatable bonds is 8. The van der Waals surface area contributed by atoms with E-state index in [4.69, 9.17) is 9.47 Å². The zero-order valence-corrected chi connectivity index (χ0v) is 18.1. The summed E-state index contributed by atoms with van der Waals surface area (Å²) < 4.78 is 63.4. The molecule has 3 unspecified atom stereocenters. The lowest BCUT2D eigenvalue weighted by molar-refractivity contribution is -0.0403. The highest BCUT2D eigenvalue weighted by Crippen LogP contribution is 2.38. The number of hydrogen-bond donors (Lipinski definition) is 2. The second-order valence-corrected chi connectivity index (χ2v) is 9.16. The molecule has 2 fully saturated rings. The fourth-order valence-corrected chi connectivity index (χ4v) is 5.05. The Balaban J connectivity index is 1.48. The summed E-state index contributed by atoms with van der Waals surface area (Å²) in [4.78, 5) is 0. The van der Waals surface area contributed by atoms with Gasteiger partial charge in [0.1, 0.15) is 5.75 Å². The van der Waals surface area contributed by atoms with E-state index in [1.165, 1.54) is 5.56 Å². The molecule has 1 aliphatic heterocycles. The van der Waals surface area contributed by atoms with Crippen LogP contribution in [-0.2, 0) is 15.7 Å². The first-order valence-corrected chi connectivity index (χ1v) is 11.8. The number of nitrogens with one attached hydrogen (secondary N) is 2. The highest BCUT2D eigenvalue weighted by molar-refractivity contribution is 7.83. The maximum absolute atomic E-state index is 12.6. The second kappa shape index (κ2) is 10.9. The molecule has 9 heteroatoms. The van der Waals surface area contributed by atoms with Crippen molar-refractivity contribution >= 4 is 11.0 Å². The molecule has 2 aliphatic rings. The molecule has 1 heterocycles. The van der Waals surface area contributed by atoms with Gasteiger partial charge in [0.25, 0.3) is 0 Å². The van der Waals surface area contributed by atoms with Crippen molar-refractivity contribution < 1.29 is 26.9 Å². The second-order valence-electron chi connectivity index (χ2n) is 7.92. The number of benzene rings is 1. The normalized spacial score (nSPS) is 28.8. The lowest BCUT2D eigenvalue weighted by atomic mass is 9.82. The molecule has 0 bridgehead atoms. The van der Waals surface area contributed by atoms with Crippen LogP contribution in [0.1, 0.15) is 56.9 Å². The van der Waals surface area contributed by atoms with Crippen LogP contribution in [0.4, 0.5) is 13.2 Å². The molecule has 0 spiro atoms. The van der Waals surface area contributed by atoms with Gasteiger partial charge in [0, 0.05) is 12.1 Å². The molecular weight excluding hydrogens is 417 g/mol. The summed E-state index contributed by atoms with van der Waals surface area (Å²) in [5.41, 5.74) is -3.51. The molecule has 0 aromatic heterocycles. The van der Waals surface area contributed by atoms with E-state index in [-0.39, 0.29) is 12.1 Å². The van der Waals surface area contributed by atoms with Gasteiger partial charge in [-0.05, 0) is 69.5 Å². The Morgan fingerprint density at radius 1 is 1.17 bits per heavy atom. The van der Waals surface area contributed by atoms with Crippen LogP contribution in [0.3, 0.4) is 0 Å². The van der Waals surface area contributed by atoms with Gasteiger partial charge in [-0.3, -0.25) is 0 Å². The Morgan fingerprint density at radius 2 is 1.90 bits per heavy atom. The monoisotopic (exact) mass is 448 g/mol. The predicted octanol–water partition coefficient (Wildman–Crippen LogP) is 4.02. The standard InChI is InChI=1S/C21H31F3N2O3S/c1-2-28-20-8-4-3-6-17(20)15-9-11-16(12-10-15)29-14-19-18(7-5-13-25-19)26-30(27)21(22,23)24/h3-4,6,8,15-16,18-19,25-26H,2,5,7,9-14H2,1H3. The van der Waals surface area contributed by atoms with E-state index in [9.17, 15) is 17.4 Å². The van der Waals surface area contributed by atoms with Crippen LogP contribution in [0.2, 0.25) is 0 Å². The van der Waals surface area contributed by atoms with E-state index in [1.54, 1.807) is 0 Å². The molecule has 5 nitrogen and oxygen atoms in total. The van der Waals surface area contributed by atoms with Crippen molar-refractivity contribution in [3.05, 3.63) is 29.8 Å². The first-order chi connectivity index (χ1) is 14.4. The average molecular weight is 449 g/mol. The van der Waals surface area contributed by atoms with Crippen molar-refractivity contribution in [2.24, 2.45) is 0 Å². The fourth-order valence-electron chi connectivity index (χ4n) is 4.36. The largest absolute Gasteiger partial charge is 0.494 e. The zero-order chi connectivity index (χ0) is 21.6. The summed E-state index contributed by atoms with van der Waals surface area (Å²) in [5, 5.41) is 3.22. The highest BCUT2D eigenvalue weighted by Gasteiger charge is 2.40. The lowest BCUT2D eigenvalue weighted by Gasteiger charge is -2.35. The molecule has 1 aromatic carbocycles. The van der Waals surface area contributed by atoms with Crippen LogP contribution in [0, 0.1) is 0 Å². The molecule has 30 heavy (non-hydrogen) atoms. The van der Waals surface area contributed by atoms with Crippen LogP contribution in [0.5, 0.6) is 5.75 Å². The van der Waals surface area contributed by atoms with E-state index >= 15 is 0 Å². The third-order valence-electron chi connectivity index (χ3n) is 5.90. The molecule has 2 N–H and O–H groups in total. The van der Waals surface area contributed by atoms with Crippen LogP contribution in [0.25, 0.3) is 0 Å². The quantitative estimate of drug-likeness (QED) is 0.631. The van der Waals surface area contributed by atoms with Crippen molar-refractivity contribution in [2.45, 2.75) is 75.1 Å². The summed E-state index contributed by atoms with van der Waals surface area (Å²) in [6.45, 7) is 3.66. The Kier molecular flexibility index (Phi) is 8.56. The summed E-state index contributed by atoms with van der Waals surface area (Å²) in [5.74, 6) is 1.38. The maximum atomic E-state index is 12.6. The average Bonchev–Trinajstić information content (AvgIpc) is 2.73. The fraction of sp³-hybridized carbons (Fsp3) is 0.714. The number of ether oxygens (including phenoxy) is 2. The van der Waals surface area contributed by atoms with E-state index < -0.39 is 22.5 Å². The maximum Gasteiger partial charge on any atom is 0.485 e. The molecule has 0 amide bonds. The number of hydrogen-bond acceptors (Lipinski definition) is 4. The Bertz CT molecular complexity index is 696. The van der Waals surface area contributed by atoms with E-state index in [0.29, 0.717) is 25.6 Å². The van der Waals surface area contributed by atoms with Crippen LogP contribution in [-0.4, -0.2) is 47.7 Å². The van der Waals surface area contributed by atoms with Gasteiger partial charge >= 0.3 is 5.51 Å². The van der Waals surface area contributed by atoms with Crippen LogP contribution < -0.4 is 14.8 Å². The third-order valence-corrected chi connectivity index (χ3v) is 6.83. The predicted molar refractivity (Wildman–Crippen MR) is 111 cm³/mol. The molecule has 0 radical (unpaired) electrons. The Morgan fingerprint density at radius 3 is 2.60 bits per heavy atom. The number of para-hydroxylation sites is 1. The van der Waals surface area contributed by atoms with Crippen molar-refractivity contribution in [1.29, 1.82) is 0 Å². The summed E-state index contributed by atoms with van der Waals surface area (Å²) in [6.07, 6.45) is 5.18. The highest BCUT2D eigenvalue weighted by atomic mass is 32.2. The molecule has 1 aromatic rings. The van der Waals surface area contributed by atoms with Crippen molar-refractivity contribution in [1.82, 2.24) is 10.0 Å². The minimum absolute atomic E-state index is 0.0954. The SMILES string of the molecule is CCOc1ccccc1C1CCC(OCC2NCCCC2NS(=O)C(F)(F)F)CC1. The van der Waals surface area contributed by atoms with Gasteiger partial charge in [-0.15, -0.1) is 0 Å². The molecular formula is C21H31F3N2O3S. The van der Waals surface area contributed by atoms with Crippen LogP contribution >= 0.6 is 0 Å². The van der Waals surface area contributed by atoms with E-state index in [2.05, 4.69) is 16.1 Å². The van der Waals surface area contributed by atoms with Gasteiger partial charge < -0.3 is 14.8 Å². The van der Waals surface area contributed by atoms with Gasteiger partial charge in [0.15, 0.2) is 11.0 Å². The molecule has 1 aliphatic carbocycles. The Labute approximate surface area is 178 Å². The van der Waals surface area contributed by atoms with Gasteiger partial charge in [-0.2, -0.15) is 13.2 Å². The van der Waals surface area contributed by atoms with Gasteiger partial charge in [0.2, 0.25) is 0 Å². The molecule has 1 saturated heterocycles. The third kappa shape index (κ3) is 6.42. The minimum atomic E-state index is -4.75. The van der Waals surface area contributed by atoms with Gasteiger partial charge in [-0.25, -0.2) is 8.93 Å². The zero-order valence-electron chi connectivity index (χ0n) is 17.2. The lowest BCUT2D eigenvalue weighted by Crippen LogP contribution is -2.56. The van der Waals surface area contributed by atoms with E-state index in [1.807, 2.05) is 25.1 Å².